The van der Waals surface area contributed by atoms with E-state index in [4.69, 9.17) is 10.8 Å². The number of aliphatic carboxylic acids is 1. The Bertz CT molecular complexity index is 366. The number of hydrogen-bond acceptors (Lipinski definition) is 2. The van der Waals surface area contributed by atoms with Crippen molar-refractivity contribution in [3.05, 3.63) is 35.1 Å². The van der Waals surface area contributed by atoms with Gasteiger partial charge >= 0.3 is 5.97 Å². The van der Waals surface area contributed by atoms with E-state index < -0.39 is 11.9 Å². The van der Waals surface area contributed by atoms with Crippen molar-refractivity contribution in [1.29, 1.82) is 0 Å². The second-order valence-corrected chi connectivity index (χ2v) is 3.56. The molecule has 0 aliphatic carbocycles. The maximum absolute atomic E-state index is 12.9. The Morgan fingerprint density at radius 2 is 2.27 bits per heavy atom. The molecule has 0 spiro atoms. The van der Waals surface area contributed by atoms with E-state index in [9.17, 15) is 9.18 Å². The van der Waals surface area contributed by atoms with E-state index in [1.807, 2.05) is 0 Å². The number of halogens is 1. The van der Waals surface area contributed by atoms with Crippen molar-refractivity contribution >= 4 is 5.97 Å². The number of hydrogen-bond donors (Lipinski definition) is 2. The Labute approximate surface area is 87.7 Å². The largest absolute Gasteiger partial charge is 0.481 e. The van der Waals surface area contributed by atoms with Crippen molar-refractivity contribution in [2.75, 3.05) is 6.54 Å². The first-order valence-corrected chi connectivity index (χ1v) is 4.72. The fraction of sp³-hybridized carbons (Fsp3) is 0.364. The molecule has 0 saturated heterocycles. The van der Waals surface area contributed by atoms with Crippen LogP contribution in [0.1, 0.15) is 11.1 Å². The van der Waals surface area contributed by atoms with E-state index in [1.54, 1.807) is 19.1 Å². The summed E-state index contributed by atoms with van der Waals surface area (Å²) in [6.45, 7) is 1.74. The molecule has 82 valence electrons. The zero-order chi connectivity index (χ0) is 11.4. The van der Waals surface area contributed by atoms with Crippen molar-refractivity contribution in [2.45, 2.75) is 13.3 Å². The Balaban J connectivity index is 2.80. The summed E-state index contributed by atoms with van der Waals surface area (Å²) in [6.07, 6.45) is 0.340. The minimum absolute atomic E-state index is 0.0890. The van der Waals surface area contributed by atoms with Gasteiger partial charge in [-0.3, -0.25) is 4.79 Å². The number of carbonyl (C=O) groups is 1. The molecule has 3 nitrogen and oxygen atoms in total. The highest BCUT2D eigenvalue weighted by molar-refractivity contribution is 5.70. The van der Waals surface area contributed by atoms with Crippen LogP contribution < -0.4 is 5.73 Å². The van der Waals surface area contributed by atoms with E-state index >= 15 is 0 Å². The average molecular weight is 211 g/mol. The van der Waals surface area contributed by atoms with E-state index in [2.05, 4.69) is 0 Å². The van der Waals surface area contributed by atoms with Gasteiger partial charge in [0.25, 0.3) is 0 Å². The highest BCUT2D eigenvalue weighted by Crippen LogP contribution is 2.13. The van der Waals surface area contributed by atoms with Crippen LogP contribution in [0.2, 0.25) is 0 Å². The molecule has 1 rings (SSSR count). The van der Waals surface area contributed by atoms with Crippen LogP contribution in [-0.4, -0.2) is 17.6 Å². The normalized spacial score (nSPS) is 12.5. The first-order chi connectivity index (χ1) is 7.04. The van der Waals surface area contributed by atoms with Gasteiger partial charge in [-0.2, -0.15) is 0 Å². The van der Waals surface area contributed by atoms with Gasteiger partial charge in [0.2, 0.25) is 0 Å². The molecule has 0 saturated carbocycles. The number of aryl methyl sites for hydroxylation is 1. The van der Waals surface area contributed by atoms with E-state index in [0.717, 1.165) is 5.56 Å². The van der Waals surface area contributed by atoms with E-state index in [-0.39, 0.29) is 12.4 Å². The summed E-state index contributed by atoms with van der Waals surface area (Å²) < 4.78 is 12.9. The lowest BCUT2D eigenvalue weighted by Gasteiger charge is -2.10. The standard InChI is InChI=1S/C11H14FNO2/c1-7-4-8(2-3-10(7)12)5-9(6-13)11(14)15/h2-4,9H,5-6,13H2,1H3,(H,14,15). The lowest BCUT2D eigenvalue weighted by Crippen LogP contribution is -2.25. The Morgan fingerprint density at radius 1 is 1.60 bits per heavy atom. The van der Waals surface area contributed by atoms with Gasteiger partial charge in [0.15, 0.2) is 0 Å². The molecule has 0 aliphatic rings. The molecule has 1 aromatic rings. The molecular formula is C11H14FNO2. The number of carboxylic acid groups (broad SMARTS) is 1. The van der Waals surface area contributed by atoms with Crippen LogP contribution in [0.4, 0.5) is 4.39 Å². The van der Waals surface area contributed by atoms with Crippen LogP contribution in [0, 0.1) is 18.7 Å². The summed E-state index contributed by atoms with van der Waals surface area (Å²) in [7, 11) is 0. The van der Waals surface area contributed by atoms with E-state index in [1.165, 1.54) is 6.07 Å². The second kappa shape index (κ2) is 4.89. The van der Waals surface area contributed by atoms with Crippen LogP contribution in [0.15, 0.2) is 18.2 Å². The molecule has 0 aliphatic heterocycles. The molecule has 15 heavy (non-hydrogen) atoms. The maximum Gasteiger partial charge on any atom is 0.308 e. The number of carboxylic acids is 1. The SMILES string of the molecule is Cc1cc(CC(CN)C(=O)O)ccc1F. The van der Waals surface area contributed by atoms with Crippen LogP contribution in [0.5, 0.6) is 0 Å². The van der Waals surface area contributed by atoms with Crippen molar-refractivity contribution in [2.24, 2.45) is 11.7 Å². The molecule has 1 aromatic carbocycles. The fourth-order valence-corrected chi connectivity index (χ4v) is 1.39. The Morgan fingerprint density at radius 3 is 2.73 bits per heavy atom. The van der Waals surface area contributed by atoms with Gasteiger partial charge in [0, 0.05) is 6.54 Å². The minimum Gasteiger partial charge on any atom is -0.481 e. The summed E-state index contributed by atoms with van der Waals surface area (Å²) in [6, 6.07) is 4.59. The van der Waals surface area contributed by atoms with Gasteiger partial charge in [-0.05, 0) is 30.5 Å². The molecule has 0 bridgehead atoms. The smallest absolute Gasteiger partial charge is 0.308 e. The summed E-state index contributed by atoms with van der Waals surface area (Å²) >= 11 is 0. The quantitative estimate of drug-likeness (QED) is 0.789. The van der Waals surface area contributed by atoms with Gasteiger partial charge in [-0.25, -0.2) is 4.39 Å². The molecule has 0 radical (unpaired) electrons. The van der Waals surface area contributed by atoms with Crippen molar-refractivity contribution in [1.82, 2.24) is 0 Å². The first-order valence-electron chi connectivity index (χ1n) is 4.72. The highest BCUT2D eigenvalue weighted by Gasteiger charge is 2.16. The van der Waals surface area contributed by atoms with Gasteiger partial charge in [-0.1, -0.05) is 12.1 Å². The number of benzene rings is 1. The van der Waals surface area contributed by atoms with Crippen molar-refractivity contribution in [3.8, 4) is 0 Å². The van der Waals surface area contributed by atoms with Crippen LogP contribution in [-0.2, 0) is 11.2 Å². The Hall–Kier alpha value is -1.42. The Kier molecular flexibility index (Phi) is 3.80. The zero-order valence-electron chi connectivity index (χ0n) is 8.53. The van der Waals surface area contributed by atoms with Gasteiger partial charge in [0.1, 0.15) is 5.82 Å². The molecule has 3 N–H and O–H groups in total. The maximum atomic E-state index is 12.9. The van der Waals surface area contributed by atoms with Crippen LogP contribution >= 0.6 is 0 Å². The predicted molar refractivity (Wildman–Crippen MR) is 55.0 cm³/mol. The third-order valence-electron chi connectivity index (χ3n) is 2.34. The summed E-state index contributed by atoms with van der Waals surface area (Å²) in [4.78, 5) is 10.7. The number of rotatable bonds is 4. The molecule has 1 unspecified atom stereocenters. The molecule has 1 atom stereocenters. The third-order valence-corrected chi connectivity index (χ3v) is 2.34. The van der Waals surface area contributed by atoms with Crippen LogP contribution in [0.3, 0.4) is 0 Å². The summed E-state index contributed by atoms with van der Waals surface area (Å²) in [5.74, 6) is -1.80. The molecular weight excluding hydrogens is 197 g/mol. The molecule has 0 amide bonds. The van der Waals surface area contributed by atoms with E-state index in [0.29, 0.717) is 12.0 Å². The van der Waals surface area contributed by atoms with Gasteiger partial charge in [-0.15, -0.1) is 0 Å². The second-order valence-electron chi connectivity index (χ2n) is 3.56. The van der Waals surface area contributed by atoms with Gasteiger partial charge < -0.3 is 10.8 Å². The molecule has 4 heteroatoms. The highest BCUT2D eigenvalue weighted by atomic mass is 19.1. The molecule has 0 heterocycles. The van der Waals surface area contributed by atoms with Crippen LogP contribution in [0.25, 0.3) is 0 Å². The minimum atomic E-state index is -0.917. The summed E-state index contributed by atoms with van der Waals surface area (Å²) in [5.41, 5.74) is 6.65. The summed E-state index contributed by atoms with van der Waals surface area (Å²) in [5, 5.41) is 8.80. The monoisotopic (exact) mass is 211 g/mol. The zero-order valence-corrected chi connectivity index (χ0v) is 8.53. The van der Waals surface area contributed by atoms with Crippen molar-refractivity contribution in [3.63, 3.8) is 0 Å². The fourth-order valence-electron chi connectivity index (χ4n) is 1.39. The number of nitrogens with two attached hydrogens (primary N) is 1. The molecule has 0 fully saturated rings. The average Bonchev–Trinajstić information content (AvgIpc) is 2.19. The van der Waals surface area contributed by atoms with Crippen molar-refractivity contribution < 1.29 is 14.3 Å². The lowest BCUT2D eigenvalue weighted by molar-refractivity contribution is -0.141. The van der Waals surface area contributed by atoms with Gasteiger partial charge in [0.05, 0.1) is 5.92 Å². The third kappa shape index (κ3) is 3.02. The first kappa shape index (κ1) is 11.7. The topological polar surface area (TPSA) is 63.3 Å². The predicted octanol–water partition coefficient (Wildman–Crippen LogP) is 1.34. The lowest BCUT2D eigenvalue weighted by atomic mass is 9.98. The molecule has 0 aromatic heterocycles.